The first-order valence-electron chi connectivity index (χ1n) is 8.50. The number of carbonyl (C=O) groups excluding carboxylic acids is 3. The first-order chi connectivity index (χ1) is 11.5. The van der Waals surface area contributed by atoms with Crippen molar-refractivity contribution in [3.8, 4) is 0 Å². The molecule has 3 amide bonds. The number of hydrogen-bond acceptors (Lipinski definition) is 3. The van der Waals surface area contributed by atoms with E-state index in [4.69, 9.17) is 0 Å². The van der Waals surface area contributed by atoms with Crippen LogP contribution in [0.2, 0.25) is 0 Å². The zero-order valence-electron chi connectivity index (χ0n) is 13.9. The molecule has 2 aliphatic rings. The van der Waals surface area contributed by atoms with E-state index in [9.17, 15) is 14.4 Å². The lowest BCUT2D eigenvalue weighted by Gasteiger charge is -2.32. The van der Waals surface area contributed by atoms with Crippen LogP contribution in [-0.4, -0.2) is 41.8 Å². The summed E-state index contributed by atoms with van der Waals surface area (Å²) in [5.74, 6) is -0.235. The summed E-state index contributed by atoms with van der Waals surface area (Å²) in [6.45, 7) is 2.60. The Morgan fingerprint density at radius 3 is 2.42 bits per heavy atom. The molecule has 1 saturated heterocycles. The smallest absolute Gasteiger partial charge is 0.253 e. The summed E-state index contributed by atoms with van der Waals surface area (Å²) in [5.41, 5.74) is 1.24. The molecule has 0 bridgehead atoms. The van der Waals surface area contributed by atoms with E-state index in [1.165, 1.54) is 6.92 Å². The first-order valence-corrected chi connectivity index (χ1v) is 8.50. The van der Waals surface area contributed by atoms with Crippen molar-refractivity contribution in [3.05, 3.63) is 29.8 Å². The van der Waals surface area contributed by atoms with Crippen LogP contribution >= 0.6 is 0 Å². The van der Waals surface area contributed by atoms with Crippen LogP contribution in [0.15, 0.2) is 24.3 Å². The summed E-state index contributed by atoms with van der Waals surface area (Å²) in [6, 6.07) is 7.21. The Kier molecular flexibility index (Phi) is 4.83. The Morgan fingerprint density at radius 1 is 1.08 bits per heavy atom. The summed E-state index contributed by atoms with van der Waals surface area (Å²) in [4.78, 5) is 37.6. The number of likely N-dealkylation sites (tertiary alicyclic amines) is 1. The fraction of sp³-hybridized carbons (Fsp3) is 0.500. The lowest BCUT2D eigenvalue weighted by atomic mass is 9.96. The highest BCUT2D eigenvalue weighted by Gasteiger charge is 2.32. The van der Waals surface area contributed by atoms with E-state index in [2.05, 4.69) is 10.6 Å². The maximum atomic E-state index is 12.6. The second-order valence-corrected chi connectivity index (χ2v) is 6.63. The van der Waals surface area contributed by atoms with E-state index in [0.29, 0.717) is 30.4 Å². The number of nitrogens with zero attached hydrogens (tertiary/aromatic N) is 1. The minimum Gasteiger partial charge on any atom is -0.353 e. The molecule has 128 valence electrons. The highest BCUT2D eigenvalue weighted by atomic mass is 16.2. The Labute approximate surface area is 141 Å². The summed E-state index contributed by atoms with van der Waals surface area (Å²) in [5, 5.41) is 5.71. The molecule has 1 aromatic carbocycles. The largest absolute Gasteiger partial charge is 0.353 e. The van der Waals surface area contributed by atoms with Gasteiger partial charge in [-0.15, -0.1) is 0 Å². The van der Waals surface area contributed by atoms with Gasteiger partial charge < -0.3 is 15.5 Å². The Hall–Kier alpha value is -2.37. The average Bonchev–Trinajstić information content (AvgIpc) is 3.38. The third kappa shape index (κ3) is 4.13. The molecule has 6 nitrogen and oxygen atoms in total. The van der Waals surface area contributed by atoms with Crippen molar-refractivity contribution < 1.29 is 14.4 Å². The SMILES string of the molecule is CC(=O)Nc1ccc(C(=O)N2CCC[C@H](C(=O)NC3CC3)C2)cc1. The summed E-state index contributed by atoms with van der Waals surface area (Å²) < 4.78 is 0. The molecule has 0 spiro atoms. The second kappa shape index (κ2) is 7.03. The van der Waals surface area contributed by atoms with Gasteiger partial charge >= 0.3 is 0 Å². The van der Waals surface area contributed by atoms with Crippen LogP contribution in [0.4, 0.5) is 5.69 Å². The molecule has 2 fully saturated rings. The minimum absolute atomic E-state index is 0.0618. The monoisotopic (exact) mass is 329 g/mol. The first kappa shape index (κ1) is 16.5. The molecule has 1 heterocycles. The molecule has 0 aromatic heterocycles. The third-order valence-electron chi connectivity index (χ3n) is 4.46. The maximum Gasteiger partial charge on any atom is 0.253 e. The summed E-state index contributed by atoms with van der Waals surface area (Å²) >= 11 is 0. The van der Waals surface area contributed by atoms with Crippen LogP contribution in [-0.2, 0) is 9.59 Å². The second-order valence-electron chi connectivity index (χ2n) is 6.63. The van der Waals surface area contributed by atoms with Crippen molar-refractivity contribution in [2.24, 2.45) is 5.92 Å². The van der Waals surface area contributed by atoms with Gasteiger partial charge in [0.25, 0.3) is 5.91 Å². The topological polar surface area (TPSA) is 78.5 Å². The lowest BCUT2D eigenvalue weighted by Crippen LogP contribution is -2.45. The predicted octanol–water partition coefficient (Wildman–Crippen LogP) is 1.78. The van der Waals surface area contributed by atoms with Gasteiger partial charge in [0, 0.05) is 37.3 Å². The Morgan fingerprint density at radius 2 is 1.79 bits per heavy atom. The summed E-state index contributed by atoms with van der Waals surface area (Å²) in [6.07, 6.45) is 3.83. The van der Waals surface area contributed by atoms with Crippen LogP contribution in [0.25, 0.3) is 0 Å². The maximum absolute atomic E-state index is 12.6. The quantitative estimate of drug-likeness (QED) is 0.884. The molecular weight excluding hydrogens is 306 g/mol. The van der Waals surface area contributed by atoms with E-state index in [1.807, 2.05) is 0 Å². The number of anilines is 1. The van der Waals surface area contributed by atoms with Crippen molar-refractivity contribution in [1.29, 1.82) is 0 Å². The molecule has 6 heteroatoms. The van der Waals surface area contributed by atoms with Gasteiger partial charge in [-0.3, -0.25) is 14.4 Å². The average molecular weight is 329 g/mol. The van der Waals surface area contributed by atoms with Crippen molar-refractivity contribution in [2.75, 3.05) is 18.4 Å². The number of piperidine rings is 1. The predicted molar refractivity (Wildman–Crippen MR) is 90.5 cm³/mol. The van der Waals surface area contributed by atoms with Gasteiger partial charge in [-0.25, -0.2) is 0 Å². The molecular formula is C18H23N3O3. The van der Waals surface area contributed by atoms with Crippen LogP contribution in [0, 0.1) is 5.92 Å². The molecule has 24 heavy (non-hydrogen) atoms. The molecule has 0 unspecified atom stereocenters. The van der Waals surface area contributed by atoms with Crippen LogP contribution in [0.3, 0.4) is 0 Å². The van der Waals surface area contributed by atoms with Gasteiger partial charge in [0.15, 0.2) is 0 Å². The van der Waals surface area contributed by atoms with E-state index in [-0.39, 0.29) is 23.6 Å². The Bertz CT molecular complexity index is 637. The van der Waals surface area contributed by atoms with Crippen molar-refractivity contribution in [3.63, 3.8) is 0 Å². The standard InChI is InChI=1S/C18H23N3O3/c1-12(22)19-15-6-4-13(5-7-15)18(24)21-10-2-3-14(11-21)17(23)20-16-8-9-16/h4-7,14,16H,2-3,8-11H2,1H3,(H,19,22)(H,20,23)/t14-/m0/s1. The number of rotatable bonds is 4. The van der Waals surface area contributed by atoms with Gasteiger partial charge in [-0.2, -0.15) is 0 Å². The van der Waals surface area contributed by atoms with Crippen LogP contribution in [0.1, 0.15) is 43.0 Å². The number of carbonyl (C=O) groups is 3. The van der Waals surface area contributed by atoms with E-state index in [1.54, 1.807) is 29.2 Å². The molecule has 3 rings (SSSR count). The van der Waals surface area contributed by atoms with Crippen molar-refractivity contribution in [1.82, 2.24) is 10.2 Å². The van der Waals surface area contributed by atoms with Gasteiger partial charge in [0.1, 0.15) is 0 Å². The molecule has 1 saturated carbocycles. The number of amides is 3. The van der Waals surface area contributed by atoms with E-state index in [0.717, 1.165) is 25.7 Å². The third-order valence-corrected chi connectivity index (χ3v) is 4.46. The van der Waals surface area contributed by atoms with Crippen molar-refractivity contribution in [2.45, 2.75) is 38.6 Å². The minimum atomic E-state index is -0.144. The zero-order chi connectivity index (χ0) is 17.1. The highest BCUT2D eigenvalue weighted by molar-refractivity contribution is 5.96. The van der Waals surface area contributed by atoms with Gasteiger partial charge in [0.05, 0.1) is 5.92 Å². The molecule has 1 aliphatic carbocycles. The Balaban J connectivity index is 1.60. The number of nitrogens with one attached hydrogen (secondary N) is 2. The van der Waals surface area contributed by atoms with Crippen LogP contribution in [0.5, 0.6) is 0 Å². The van der Waals surface area contributed by atoms with Crippen molar-refractivity contribution >= 4 is 23.4 Å². The number of benzene rings is 1. The van der Waals surface area contributed by atoms with Gasteiger partial charge in [0.2, 0.25) is 11.8 Å². The highest BCUT2D eigenvalue weighted by Crippen LogP contribution is 2.23. The fourth-order valence-corrected chi connectivity index (χ4v) is 3.00. The van der Waals surface area contributed by atoms with Gasteiger partial charge in [-0.1, -0.05) is 0 Å². The molecule has 0 radical (unpaired) electrons. The fourth-order valence-electron chi connectivity index (χ4n) is 3.00. The van der Waals surface area contributed by atoms with Gasteiger partial charge in [-0.05, 0) is 49.9 Å². The summed E-state index contributed by atoms with van der Waals surface area (Å²) in [7, 11) is 0. The zero-order valence-corrected chi connectivity index (χ0v) is 13.9. The van der Waals surface area contributed by atoms with Crippen LogP contribution < -0.4 is 10.6 Å². The van der Waals surface area contributed by atoms with E-state index >= 15 is 0 Å². The molecule has 1 aromatic rings. The lowest BCUT2D eigenvalue weighted by molar-refractivity contribution is -0.126. The number of hydrogen-bond donors (Lipinski definition) is 2. The van der Waals surface area contributed by atoms with E-state index < -0.39 is 0 Å². The molecule has 1 aliphatic heterocycles. The molecule has 1 atom stereocenters. The molecule has 2 N–H and O–H groups in total. The normalized spacial score (nSPS) is 20.4.